The zero-order valence-corrected chi connectivity index (χ0v) is 10.3. The van der Waals surface area contributed by atoms with E-state index in [1.54, 1.807) is 18.2 Å². The van der Waals surface area contributed by atoms with Gasteiger partial charge in [0.25, 0.3) is 5.82 Å². The monoisotopic (exact) mass is 308 g/mol. The molecule has 2 aromatic heterocycles. The van der Waals surface area contributed by atoms with Gasteiger partial charge >= 0.3 is 11.7 Å². The highest BCUT2D eigenvalue weighted by atomic mass is 79.9. The number of rotatable bonds is 1. The van der Waals surface area contributed by atoms with Crippen molar-refractivity contribution in [3.63, 3.8) is 0 Å². The van der Waals surface area contributed by atoms with E-state index in [-0.39, 0.29) is 5.65 Å². The average molecular weight is 309 g/mol. The van der Waals surface area contributed by atoms with Crippen LogP contribution < -0.4 is 5.69 Å². The minimum absolute atomic E-state index is 0.215. The summed E-state index contributed by atoms with van der Waals surface area (Å²) in [7, 11) is 0. The van der Waals surface area contributed by atoms with E-state index in [1.165, 1.54) is 0 Å². The summed E-state index contributed by atoms with van der Waals surface area (Å²) in [5.41, 5.74) is 0.233. The molecular formula is C10H5BrN4O3. The Balaban J connectivity index is 2.57. The number of hydrogen-bond acceptors (Lipinski definition) is 4. The number of nitrogens with one attached hydrogen (secondary N) is 1. The second-order valence-electron chi connectivity index (χ2n) is 3.57. The van der Waals surface area contributed by atoms with Crippen LogP contribution in [-0.4, -0.2) is 30.7 Å². The van der Waals surface area contributed by atoms with Crippen LogP contribution in [0.4, 0.5) is 0 Å². The molecule has 0 aliphatic heterocycles. The number of H-pyrrole nitrogens is 1. The van der Waals surface area contributed by atoms with E-state index < -0.39 is 17.5 Å². The summed E-state index contributed by atoms with van der Waals surface area (Å²) in [5, 5.41) is 13.1. The first-order valence-corrected chi connectivity index (χ1v) is 5.68. The van der Waals surface area contributed by atoms with Gasteiger partial charge in [-0.1, -0.05) is 6.07 Å². The van der Waals surface area contributed by atoms with Crippen LogP contribution >= 0.6 is 15.9 Å². The van der Waals surface area contributed by atoms with Crippen molar-refractivity contribution in [2.24, 2.45) is 0 Å². The smallest absolute Gasteiger partial charge is 0.375 e. The molecule has 0 radical (unpaired) electrons. The number of carbonyl (C=O) groups is 1. The van der Waals surface area contributed by atoms with Crippen molar-refractivity contribution in [1.82, 2.24) is 19.6 Å². The minimum atomic E-state index is -1.28. The number of carboxylic acids is 1. The van der Waals surface area contributed by atoms with Gasteiger partial charge < -0.3 is 10.1 Å². The van der Waals surface area contributed by atoms with E-state index in [4.69, 9.17) is 5.11 Å². The first-order valence-electron chi connectivity index (χ1n) is 4.88. The van der Waals surface area contributed by atoms with E-state index in [9.17, 15) is 9.59 Å². The van der Waals surface area contributed by atoms with Gasteiger partial charge in [-0.05, 0) is 28.1 Å². The maximum Gasteiger partial charge on any atom is 0.375 e. The third kappa shape index (κ3) is 1.42. The minimum Gasteiger partial charge on any atom is -0.475 e. The van der Waals surface area contributed by atoms with Gasteiger partial charge in [-0.3, -0.25) is 0 Å². The summed E-state index contributed by atoms with van der Waals surface area (Å²) >= 11 is 3.31. The van der Waals surface area contributed by atoms with E-state index in [2.05, 4.69) is 31.0 Å². The fourth-order valence-electron chi connectivity index (χ4n) is 1.72. The van der Waals surface area contributed by atoms with Crippen LogP contribution in [0.5, 0.6) is 0 Å². The molecule has 90 valence electrons. The van der Waals surface area contributed by atoms with Gasteiger partial charge in [-0.25, -0.2) is 14.6 Å². The predicted octanol–water partition coefficient (Wildman–Crippen LogP) is 1.03. The summed E-state index contributed by atoms with van der Waals surface area (Å²) in [6.45, 7) is 0. The number of halogens is 1. The molecule has 0 amide bonds. The van der Waals surface area contributed by atoms with Crippen molar-refractivity contribution in [2.75, 3.05) is 0 Å². The van der Waals surface area contributed by atoms with E-state index in [1.807, 2.05) is 0 Å². The zero-order chi connectivity index (χ0) is 12.9. The lowest BCUT2D eigenvalue weighted by Crippen LogP contribution is -2.18. The quantitative estimate of drug-likeness (QED) is 0.699. The van der Waals surface area contributed by atoms with Gasteiger partial charge in [0.05, 0.1) is 5.52 Å². The van der Waals surface area contributed by atoms with Crippen LogP contribution in [0.25, 0.3) is 16.6 Å². The van der Waals surface area contributed by atoms with Crippen LogP contribution in [0, 0.1) is 0 Å². The van der Waals surface area contributed by atoms with Gasteiger partial charge in [-0.2, -0.15) is 4.52 Å². The number of aromatic amines is 1. The van der Waals surface area contributed by atoms with E-state index >= 15 is 0 Å². The Morgan fingerprint density at radius 1 is 1.44 bits per heavy atom. The van der Waals surface area contributed by atoms with Gasteiger partial charge in [0.2, 0.25) is 0 Å². The van der Waals surface area contributed by atoms with Crippen molar-refractivity contribution in [3.05, 3.63) is 39.0 Å². The fourth-order valence-corrected chi connectivity index (χ4v) is 2.18. The molecule has 2 heterocycles. The first kappa shape index (κ1) is 10.9. The molecule has 1 aromatic carbocycles. The lowest BCUT2D eigenvalue weighted by Gasteiger charge is -2.00. The van der Waals surface area contributed by atoms with Crippen LogP contribution in [0.1, 0.15) is 10.6 Å². The highest BCUT2D eigenvalue weighted by molar-refractivity contribution is 9.10. The summed E-state index contributed by atoms with van der Waals surface area (Å²) in [4.78, 5) is 29.1. The molecule has 8 heteroatoms. The summed E-state index contributed by atoms with van der Waals surface area (Å²) in [5.74, 6) is -1.69. The fraction of sp³-hybridized carbons (Fsp3) is 0. The van der Waals surface area contributed by atoms with Crippen LogP contribution in [-0.2, 0) is 0 Å². The van der Waals surface area contributed by atoms with Crippen molar-refractivity contribution in [3.8, 4) is 0 Å². The topological polar surface area (TPSA) is 100 Å². The summed E-state index contributed by atoms with van der Waals surface area (Å²) < 4.78 is 1.64. The number of para-hydroxylation sites is 1. The molecule has 0 atom stereocenters. The lowest BCUT2D eigenvalue weighted by atomic mass is 10.2. The summed E-state index contributed by atoms with van der Waals surface area (Å²) in [6.07, 6.45) is 0. The molecule has 0 spiro atoms. The molecule has 3 rings (SSSR count). The second kappa shape index (κ2) is 3.64. The Bertz CT molecular complexity index is 851. The first-order chi connectivity index (χ1) is 8.58. The third-order valence-electron chi connectivity index (χ3n) is 2.48. The van der Waals surface area contributed by atoms with Crippen LogP contribution in [0.3, 0.4) is 0 Å². The van der Waals surface area contributed by atoms with Crippen LogP contribution in [0.15, 0.2) is 27.5 Å². The molecule has 0 unspecified atom stereocenters. The molecule has 7 nitrogen and oxygen atoms in total. The maximum atomic E-state index is 11.8. The van der Waals surface area contributed by atoms with Gasteiger partial charge in [0, 0.05) is 9.86 Å². The Kier molecular flexibility index (Phi) is 2.20. The summed E-state index contributed by atoms with van der Waals surface area (Å²) in [6, 6.07) is 5.26. The second-order valence-corrected chi connectivity index (χ2v) is 4.42. The van der Waals surface area contributed by atoms with Crippen molar-refractivity contribution in [1.29, 1.82) is 0 Å². The number of hydrogen-bond donors (Lipinski definition) is 2. The number of aromatic carboxylic acids is 1. The average Bonchev–Trinajstić information content (AvgIpc) is 2.77. The van der Waals surface area contributed by atoms with Gasteiger partial charge in [0.1, 0.15) is 0 Å². The normalized spacial score (nSPS) is 11.2. The largest absolute Gasteiger partial charge is 0.475 e. The van der Waals surface area contributed by atoms with Crippen molar-refractivity contribution < 1.29 is 9.90 Å². The Morgan fingerprint density at radius 3 is 2.94 bits per heavy atom. The third-order valence-corrected chi connectivity index (χ3v) is 3.14. The van der Waals surface area contributed by atoms with Crippen LogP contribution in [0.2, 0.25) is 0 Å². The Morgan fingerprint density at radius 2 is 2.22 bits per heavy atom. The predicted molar refractivity (Wildman–Crippen MR) is 65.8 cm³/mol. The molecule has 0 saturated heterocycles. The standard InChI is InChI=1S/C10H5BrN4O3/c11-5-3-1-2-4-6(5)12-10(18)15-8(4)13-7(14-15)9(16)17/h1-3H,(H,12,18)(H,16,17). The lowest BCUT2D eigenvalue weighted by molar-refractivity contribution is 0.0684. The molecule has 0 fully saturated rings. The zero-order valence-electron chi connectivity index (χ0n) is 8.72. The molecule has 0 bridgehead atoms. The SMILES string of the molecule is O=C(O)c1nc2c3cccc(Br)c3[nH]c(=O)n2n1. The number of nitrogens with zero attached hydrogens (tertiary/aromatic N) is 3. The number of fused-ring (bicyclic) bond motifs is 3. The number of aromatic nitrogens is 4. The van der Waals surface area contributed by atoms with Gasteiger partial charge in [-0.15, -0.1) is 5.10 Å². The molecular weight excluding hydrogens is 304 g/mol. The Labute approximate surface area is 107 Å². The van der Waals surface area contributed by atoms with Gasteiger partial charge in [0.15, 0.2) is 5.65 Å². The molecule has 0 aliphatic carbocycles. The molecule has 0 aliphatic rings. The van der Waals surface area contributed by atoms with E-state index in [0.717, 1.165) is 4.52 Å². The molecule has 0 saturated carbocycles. The molecule has 2 N–H and O–H groups in total. The Hall–Kier alpha value is -2.22. The van der Waals surface area contributed by atoms with Crippen molar-refractivity contribution >= 4 is 38.4 Å². The number of benzene rings is 1. The van der Waals surface area contributed by atoms with E-state index in [0.29, 0.717) is 15.4 Å². The molecule has 3 aromatic rings. The highest BCUT2D eigenvalue weighted by Gasteiger charge is 2.15. The number of carboxylic acid groups (broad SMARTS) is 1. The molecule has 18 heavy (non-hydrogen) atoms. The maximum absolute atomic E-state index is 11.8. The van der Waals surface area contributed by atoms with Crippen molar-refractivity contribution in [2.45, 2.75) is 0 Å². The highest BCUT2D eigenvalue weighted by Crippen LogP contribution is 2.22.